The van der Waals surface area contributed by atoms with Gasteiger partial charge in [-0.15, -0.1) is 0 Å². The Labute approximate surface area is 109 Å². The molecule has 0 aromatic heterocycles. The Bertz CT molecular complexity index is 663. The van der Waals surface area contributed by atoms with Crippen LogP contribution in [0.4, 0.5) is 8.78 Å². The first kappa shape index (κ1) is 13.2. The van der Waals surface area contributed by atoms with Gasteiger partial charge in [0.15, 0.2) is 11.6 Å². The van der Waals surface area contributed by atoms with E-state index in [1.165, 1.54) is 12.1 Å². The zero-order chi connectivity index (χ0) is 14.2. The molecule has 19 heavy (non-hydrogen) atoms. The van der Waals surface area contributed by atoms with Crippen LogP contribution in [-0.2, 0) is 0 Å². The van der Waals surface area contributed by atoms with Gasteiger partial charge in [-0.05, 0) is 54.3 Å². The molecular weight excluding hydrogens is 250 g/mol. The van der Waals surface area contributed by atoms with Gasteiger partial charge >= 0.3 is 5.97 Å². The van der Waals surface area contributed by atoms with E-state index in [0.717, 1.165) is 17.7 Å². The average molecular weight is 262 g/mol. The Kier molecular flexibility index (Phi) is 3.34. The smallest absolute Gasteiger partial charge is 0.335 e. The topological polar surface area (TPSA) is 37.3 Å². The van der Waals surface area contributed by atoms with Crippen LogP contribution in [0.1, 0.15) is 21.5 Å². The van der Waals surface area contributed by atoms with Crippen molar-refractivity contribution in [1.29, 1.82) is 0 Å². The van der Waals surface area contributed by atoms with E-state index in [0.29, 0.717) is 16.7 Å². The summed E-state index contributed by atoms with van der Waals surface area (Å²) in [4.78, 5) is 11.1. The summed E-state index contributed by atoms with van der Waals surface area (Å²) in [6.45, 7) is 3.50. The Morgan fingerprint density at radius 3 is 2.26 bits per heavy atom. The Hall–Kier alpha value is -2.23. The molecule has 1 N–H and O–H groups in total. The fourth-order valence-electron chi connectivity index (χ4n) is 2.06. The van der Waals surface area contributed by atoms with Crippen LogP contribution >= 0.6 is 0 Å². The van der Waals surface area contributed by atoms with Gasteiger partial charge in [-0.3, -0.25) is 0 Å². The highest BCUT2D eigenvalue weighted by atomic mass is 19.2. The molecule has 0 unspecified atom stereocenters. The molecule has 0 aliphatic heterocycles. The second kappa shape index (κ2) is 4.80. The predicted octanol–water partition coefficient (Wildman–Crippen LogP) is 3.95. The molecule has 2 aromatic rings. The first-order valence-corrected chi connectivity index (χ1v) is 5.70. The van der Waals surface area contributed by atoms with Crippen LogP contribution in [0.25, 0.3) is 11.1 Å². The van der Waals surface area contributed by atoms with E-state index in [1.807, 2.05) is 0 Å². The number of hydrogen-bond donors (Lipinski definition) is 1. The van der Waals surface area contributed by atoms with Crippen LogP contribution in [-0.4, -0.2) is 11.1 Å². The first-order chi connectivity index (χ1) is 8.90. The molecule has 0 fully saturated rings. The van der Waals surface area contributed by atoms with Gasteiger partial charge in [0.1, 0.15) is 0 Å². The highest BCUT2D eigenvalue weighted by Crippen LogP contribution is 2.27. The maximum absolute atomic E-state index is 13.2. The Morgan fingerprint density at radius 2 is 1.68 bits per heavy atom. The lowest BCUT2D eigenvalue weighted by atomic mass is 9.95. The van der Waals surface area contributed by atoms with Crippen molar-refractivity contribution in [3.05, 3.63) is 58.7 Å². The molecule has 2 rings (SSSR count). The zero-order valence-corrected chi connectivity index (χ0v) is 10.5. The minimum absolute atomic E-state index is 0.158. The van der Waals surface area contributed by atoms with Gasteiger partial charge in [-0.25, -0.2) is 13.6 Å². The van der Waals surface area contributed by atoms with E-state index < -0.39 is 17.6 Å². The van der Waals surface area contributed by atoms with Crippen molar-refractivity contribution in [2.45, 2.75) is 13.8 Å². The van der Waals surface area contributed by atoms with Crippen LogP contribution in [0.3, 0.4) is 0 Å². The monoisotopic (exact) mass is 262 g/mol. The SMILES string of the molecule is Cc1cc(C)c(-c2ccc(F)c(F)c2)cc1C(=O)O. The summed E-state index contributed by atoms with van der Waals surface area (Å²) >= 11 is 0. The quantitative estimate of drug-likeness (QED) is 0.889. The normalized spacial score (nSPS) is 10.5. The van der Waals surface area contributed by atoms with Crippen LogP contribution in [0.5, 0.6) is 0 Å². The number of aryl methyl sites for hydroxylation is 2. The van der Waals surface area contributed by atoms with Crippen LogP contribution in [0.2, 0.25) is 0 Å². The van der Waals surface area contributed by atoms with Crippen molar-refractivity contribution < 1.29 is 18.7 Å². The van der Waals surface area contributed by atoms with E-state index in [4.69, 9.17) is 5.11 Å². The zero-order valence-electron chi connectivity index (χ0n) is 10.5. The minimum Gasteiger partial charge on any atom is -0.478 e. The molecule has 0 atom stereocenters. The Balaban J connectivity index is 2.64. The molecule has 0 saturated carbocycles. The Morgan fingerprint density at radius 1 is 1.00 bits per heavy atom. The molecule has 0 spiro atoms. The number of hydrogen-bond acceptors (Lipinski definition) is 1. The van der Waals surface area contributed by atoms with Crippen LogP contribution < -0.4 is 0 Å². The molecule has 0 bridgehead atoms. The molecule has 2 aromatic carbocycles. The lowest BCUT2D eigenvalue weighted by Gasteiger charge is -2.10. The fraction of sp³-hybridized carbons (Fsp3) is 0.133. The number of halogens is 2. The van der Waals surface area contributed by atoms with Gasteiger partial charge in [0, 0.05) is 0 Å². The first-order valence-electron chi connectivity index (χ1n) is 5.70. The maximum Gasteiger partial charge on any atom is 0.335 e. The highest BCUT2D eigenvalue weighted by Gasteiger charge is 2.13. The van der Waals surface area contributed by atoms with Crippen molar-refractivity contribution in [3.63, 3.8) is 0 Å². The van der Waals surface area contributed by atoms with Gasteiger partial charge in [-0.2, -0.15) is 0 Å². The summed E-state index contributed by atoms with van der Waals surface area (Å²) in [6, 6.07) is 6.74. The number of carbonyl (C=O) groups is 1. The van der Waals surface area contributed by atoms with E-state index in [9.17, 15) is 13.6 Å². The average Bonchev–Trinajstić information content (AvgIpc) is 2.32. The largest absolute Gasteiger partial charge is 0.478 e. The molecule has 4 heteroatoms. The standard InChI is InChI=1S/C15H12F2O2/c1-8-5-9(2)12(15(18)19)7-11(8)10-3-4-13(16)14(17)6-10/h3-7H,1-2H3,(H,18,19). The number of aromatic carboxylic acids is 1. The second-order valence-corrected chi connectivity index (χ2v) is 4.42. The third-order valence-corrected chi connectivity index (χ3v) is 3.03. The maximum atomic E-state index is 13.2. The summed E-state index contributed by atoms with van der Waals surface area (Å²) < 4.78 is 26.2. The van der Waals surface area contributed by atoms with Crippen LogP contribution in [0.15, 0.2) is 30.3 Å². The van der Waals surface area contributed by atoms with E-state index in [1.54, 1.807) is 19.9 Å². The number of carboxylic acids is 1. The molecule has 0 heterocycles. The van der Waals surface area contributed by atoms with Crippen molar-refractivity contribution >= 4 is 5.97 Å². The molecule has 0 radical (unpaired) electrons. The molecule has 0 saturated heterocycles. The van der Waals surface area contributed by atoms with Gasteiger partial charge in [-0.1, -0.05) is 12.1 Å². The highest BCUT2D eigenvalue weighted by molar-refractivity contribution is 5.91. The van der Waals surface area contributed by atoms with E-state index in [2.05, 4.69) is 0 Å². The summed E-state index contributed by atoms with van der Waals surface area (Å²) in [5.41, 5.74) is 2.65. The number of rotatable bonds is 2. The molecular formula is C15H12F2O2. The predicted molar refractivity (Wildman–Crippen MR) is 68.2 cm³/mol. The van der Waals surface area contributed by atoms with E-state index in [-0.39, 0.29) is 5.56 Å². The number of carboxylic acid groups (broad SMARTS) is 1. The van der Waals surface area contributed by atoms with Gasteiger partial charge < -0.3 is 5.11 Å². The summed E-state index contributed by atoms with van der Waals surface area (Å²) in [6.07, 6.45) is 0. The fourth-order valence-corrected chi connectivity index (χ4v) is 2.06. The molecule has 0 amide bonds. The van der Waals surface area contributed by atoms with Crippen molar-refractivity contribution in [2.75, 3.05) is 0 Å². The van der Waals surface area contributed by atoms with Gasteiger partial charge in [0.2, 0.25) is 0 Å². The van der Waals surface area contributed by atoms with E-state index >= 15 is 0 Å². The third-order valence-electron chi connectivity index (χ3n) is 3.03. The third kappa shape index (κ3) is 2.47. The summed E-state index contributed by atoms with van der Waals surface area (Å²) in [5.74, 6) is -2.91. The summed E-state index contributed by atoms with van der Waals surface area (Å²) in [5, 5.41) is 9.09. The minimum atomic E-state index is -1.04. The van der Waals surface area contributed by atoms with Crippen molar-refractivity contribution in [3.8, 4) is 11.1 Å². The van der Waals surface area contributed by atoms with Gasteiger partial charge in [0.25, 0.3) is 0 Å². The molecule has 98 valence electrons. The molecule has 0 aliphatic rings. The lowest BCUT2D eigenvalue weighted by Crippen LogP contribution is -2.01. The second-order valence-electron chi connectivity index (χ2n) is 4.42. The number of benzene rings is 2. The van der Waals surface area contributed by atoms with Crippen molar-refractivity contribution in [1.82, 2.24) is 0 Å². The van der Waals surface area contributed by atoms with Crippen molar-refractivity contribution in [2.24, 2.45) is 0 Å². The molecule has 2 nitrogen and oxygen atoms in total. The molecule has 0 aliphatic carbocycles. The lowest BCUT2D eigenvalue weighted by molar-refractivity contribution is 0.0696. The van der Waals surface area contributed by atoms with Crippen LogP contribution in [0, 0.1) is 25.5 Å². The summed E-state index contributed by atoms with van der Waals surface area (Å²) in [7, 11) is 0. The van der Waals surface area contributed by atoms with Gasteiger partial charge in [0.05, 0.1) is 5.56 Å².